The molecule has 0 amide bonds. The monoisotopic (exact) mass is 211 g/mol. The second-order valence-electron chi connectivity index (χ2n) is 3.78. The zero-order valence-electron chi connectivity index (χ0n) is 8.98. The molecule has 0 aromatic heterocycles. The van der Waals surface area contributed by atoms with Crippen LogP contribution in [0.3, 0.4) is 0 Å². The molecule has 1 aliphatic rings. The number of hydrogen-bond acceptors (Lipinski definition) is 4. The van der Waals surface area contributed by atoms with E-state index in [1.54, 1.807) is 11.9 Å². The van der Waals surface area contributed by atoms with Crippen LogP contribution in [-0.4, -0.2) is 22.9 Å². The molecule has 0 aromatic rings. The van der Waals surface area contributed by atoms with E-state index < -0.39 is 4.92 Å². The number of nitro groups is 1. The summed E-state index contributed by atoms with van der Waals surface area (Å²) in [5.41, 5.74) is 5.64. The van der Waals surface area contributed by atoms with Crippen molar-refractivity contribution in [3.63, 3.8) is 0 Å². The van der Waals surface area contributed by atoms with Gasteiger partial charge < -0.3 is 10.6 Å². The van der Waals surface area contributed by atoms with Crippen molar-refractivity contribution in [2.45, 2.75) is 31.7 Å². The first-order chi connectivity index (χ1) is 7.07. The second-order valence-corrected chi connectivity index (χ2v) is 3.78. The lowest BCUT2D eigenvalue weighted by Gasteiger charge is -2.25. The van der Waals surface area contributed by atoms with Crippen LogP contribution in [0.15, 0.2) is 24.2 Å². The molecule has 0 heterocycles. The summed E-state index contributed by atoms with van der Waals surface area (Å²) in [6, 6.07) is 0.333. The van der Waals surface area contributed by atoms with Gasteiger partial charge in [0.2, 0.25) is 0 Å². The minimum atomic E-state index is -0.492. The molecule has 0 atom stereocenters. The highest BCUT2D eigenvalue weighted by Gasteiger charge is 2.24. The lowest BCUT2D eigenvalue weighted by molar-refractivity contribution is -0.421. The Balaban J connectivity index is 2.84. The zero-order chi connectivity index (χ0) is 11.4. The van der Waals surface area contributed by atoms with Gasteiger partial charge in [0.1, 0.15) is 0 Å². The van der Waals surface area contributed by atoms with Crippen molar-refractivity contribution in [2.75, 3.05) is 7.05 Å². The minimum Gasteiger partial charge on any atom is -0.380 e. The predicted molar refractivity (Wildman–Crippen MR) is 58.4 cm³/mol. The van der Waals surface area contributed by atoms with E-state index >= 15 is 0 Å². The summed E-state index contributed by atoms with van der Waals surface area (Å²) in [7, 11) is 1.80. The van der Waals surface area contributed by atoms with E-state index in [-0.39, 0.29) is 11.5 Å². The van der Waals surface area contributed by atoms with Crippen LogP contribution < -0.4 is 5.73 Å². The summed E-state index contributed by atoms with van der Waals surface area (Å²) in [4.78, 5) is 12.0. The molecule has 0 radical (unpaired) electrons. The number of allylic oxidation sites excluding steroid dienone is 1. The van der Waals surface area contributed by atoms with Crippen LogP contribution in [0.25, 0.3) is 0 Å². The molecule has 0 bridgehead atoms. The third kappa shape index (κ3) is 2.49. The summed E-state index contributed by atoms with van der Waals surface area (Å²) < 4.78 is 0. The van der Waals surface area contributed by atoms with E-state index in [0.29, 0.717) is 6.04 Å². The molecule has 0 spiro atoms. The molecule has 5 heteroatoms. The van der Waals surface area contributed by atoms with Gasteiger partial charge in [0.25, 0.3) is 0 Å². The largest absolute Gasteiger partial charge is 0.380 e. The van der Waals surface area contributed by atoms with Crippen LogP contribution in [0.2, 0.25) is 0 Å². The maximum absolute atomic E-state index is 10.7. The fourth-order valence-corrected chi connectivity index (χ4v) is 1.94. The van der Waals surface area contributed by atoms with Gasteiger partial charge >= 0.3 is 5.70 Å². The van der Waals surface area contributed by atoms with Crippen molar-refractivity contribution in [2.24, 2.45) is 5.73 Å². The highest BCUT2D eigenvalue weighted by Crippen LogP contribution is 2.24. The van der Waals surface area contributed by atoms with E-state index in [1.807, 2.05) is 0 Å². The molecule has 5 nitrogen and oxygen atoms in total. The van der Waals surface area contributed by atoms with E-state index in [1.165, 1.54) is 18.9 Å². The lowest BCUT2D eigenvalue weighted by atomic mass is 10.2. The van der Waals surface area contributed by atoms with Crippen molar-refractivity contribution < 1.29 is 4.92 Å². The maximum atomic E-state index is 10.7. The number of hydrogen-bond donors (Lipinski definition) is 1. The molecule has 0 saturated heterocycles. The summed E-state index contributed by atoms with van der Waals surface area (Å²) in [5.74, 6) is 0.210. The van der Waals surface area contributed by atoms with E-state index in [0.717, 1.165) is 12.8 Å². The van der Waals surface area contributed by atoms with E-state index in [4.69, 9.17) is 5.73 Å². The van der Waals surface area contributed by atoms with Crippen molar-refractivity contribution in [1.29, 1.82) is 0 Å². The van der Waals surface area contributed by atoms with Gasteiger partial charge in [-0.1, -0.05) is 19.4 Å². The molecule has 1 saturated carbocycles. The smallest absolute Gasteiger partial charge is 0.308 e. The molecule has 1 rings (SSSR count). The second kappa shape index (κ2) is 4.82. The van der Waals surface area contributed by atoms with Crippen LogP contribution in [0.1, 0.15) is 25.7 Å². The van der Waals surface area contributed by atoms with Crippen LogP contribution in [0.4, 0.5) is 0 Å². The molecule has 0 unspecified atom stereocenters. The SMILES string of the molecule is C=C/C(=C(\N)N(C)C1CCCC1)[N+](=O)[O-]. The van der Waals surface area contributed by atoms with Crippen LogP contribution >= 0.6 is 0 Å². The number of nitrogens with two attached hydrogens (primary N) is 1. The molecule has 1 aliphatic carbocycles. The molecular formula is C10H17N3O2. The third-order valence-electron chi connectivity index (χ3n) is 2.90. The minimum absolute atomic E-state index is 0.107. The highest BCUT2D eigenvalue weighted by atomic mass is 16.6. The van der Waals surface area contributed by atoms with Gasteiger partial charge in [-0.15, -0.1) is 0 Å². The van der Waals surface area contributed by atoms with Gasteiger partial charge in [0.05, 0.1) is 4.92 Å². The zero-order valence-corrected chi connectivity index (χ0v) is 8.98. The first kappa shape index (κ1) is 11.6. The Morgan fingerprint density at radius 2 is 2.13 bits per heavy atom. The van der Waals surface area contributed by atoms with Crippen molar-refractivity contribution >= 4 is 0 Å². The molecule has 84 valence electrons. The third-order valence-corrected chi connectivity index (χ3v) is 2.90. The lowest BCUT2D eigenvalue weighted by Crippen LogP contribution is -2.34. The van der Waals surface area contributed by atoms with Crippen LogP contribution in [0.5, 0.6) is 0 Å². The molecule has 0 aliphatic heterocycles. The predicted octanol–water partition coefficient (Wildman–Crippen LogP) is 1.45. The number of rotatable bonds is 4. The van der Waals surface area contributed by atoms with Gasteiger partial charge in [0, 0.05) is 19.2 Å². The van der Waals surface area contributed by atoms with E-state index in [9.17, 15) is 10.1 Å². The topological polar surface area (TPSA) is 72.4 Å². The van der Waals surface area contributed by atoms with Gasteiger partial charge in [-0.3, -0.25) is 10.1 Å². The Bertz CT molecular complexity index is 293. The fourth-order valence-electron chi connectivity index (χ4n) is 1.94. The Hall–Kier alpha value is -1.52. The Labute approximate surface area is 89.4 Å². The van der Waals surface area contributed by atoms with Crippen LogP contribution in [-0.2, 0) is 0 Å². The Kier molecular flexibility index (Phi) is 3.71. The number of nitrogens with zero attached hydrogens (tertiary/aromatic N) is 2. The quantitative estimate of drug-likeness (QED) is 0.434. The van der Waals surface area contributed by atoms with Crippen molar-refractivity contribution in [3.05, 3.63) is 34.3 Å². The fraction of sp³-hybridized carbons (Fsp3) is 0.600. The summed E-state index contributed by atoms with van der Waals surface area (Å²) in [5, 5.41) is 10.7. The Morgan fingerprint density at radius 3 is 2.53 bits per heavy atom. The van der Waals surface area contributed by atoms with Gasteiger partial charge in [-0.05, 0) is 12.8 Å². The first-order valence-electron chi connectivity index (χ1n) is 5.07. The van der Waals surface area contributed by atoms with Gasteiger partial charge in [-0.2, -0.15) is 0 Å². The average Bonchev–Trinajstić information content (AvgIpc) is 2.69. The van der Waals surface area contributed by atoms with Crippen LogP contribution in [0, 0.1) is 10.1 Å². The first-order valence-corrected chi connectivity index (χ1v) is 5.07. The van der Waals surface area contributed by atoms with E-state index in [2.05, 4.69) is 6.58 Å². The maximum Gasteiger partial charge on any atom is 0.308 e. The van der Waals surface area contributed by atoms with Gasteiger partial charge in [-0.25, -0.2) is 0 Å². The normalized spacial score (nSPS) is 18.5. The molecule has 15 heavy (non-hydrogen) atoms. The molecule has 0 aromatic carbocycles. The highest BCUT2D eigenvalue weighted by molar-refractivity contribution is 5.14. The van der Waals surface area contributed by atoms with Crippen molar-refractivity contribution in [3.8, 4) is 0 Å². The summed E-state index contributed by atoms with van der Waals surface area (Å²) >= 11 is 0. The van der Waals surface area contributed by atoms with Crippen molar-refractivity contribution in [1.82, 2.24) is 4.90 Å². The summed E-state index contributed by atoms with van der Waals surface area (Å²) in [6.45, 7) is 3.41. The standard InChI is InChI=1S/C10H17N3O2/c1-3-9(13(14)15)10(11)12(2)8-6-4-5-7-8/h3,8H,1,4-7,11H2,2H3/b10-9-. The average molecular weight is 211 g/mol. The van der Waals surface area contributed by atoms with Gasteiger partial charge in [0.15, 0.2) is 5.82 Å². The molecular weight excluding hydrogens is 194 g/mol. The molecule has 1 fully saturated rings. The molecule has 2 N–H and O–H groups in total. The summed E-state index contributed by atoms with van der Waals surface area (Å²) in [6.07, 6.45) is 5.65. The Morgan fingerprint density at radius 1 is 1.60 bits per heavy atom.